The number of fused-ring (bicyclic) bond motifs is 3. The summed E-state index contributed by atoms with van der Waals surface area (Å²) in [5.74, 6) is 0.575. The highest BCUT2D eigenvalue weighted by molar-refractivity contribution is 5.97. The van der Waals surface area contributed by atoms with E-state index in [2.05, 4.69) is 27.7 Å². The molecule has 0 aromatic heterocycles. The van der Waals surface area contributed by atoms with E-state index in [1.54, 1.807) is 14.2 Å². The Balaban J connectivity index is 0.862. The van der Waals surface area contributed by atoms with Gasteiger partial charge < -0.3 is 39.1 Å². The molecule has 6 rings (SSSR count). The predicted molar refractivity (Wildman–Crippen MR) is 228 cm³/mol. The molecule has 6 atom stereocenters. The molecule has 1 amide bonds. The molecule has 14 nitrogen and oxygen atoms in total. The zero-order chi connectivity index (χ0) is 42.3. The highest BCUT2D eigenvalue weighted by Gasteiger charge is 2.42. The van der Waals surface area contributed by atoms with Gasteiger partial charge in [0.25, 0.3) is 0 Å². The number of methoxy groups -OCH3 is 3. The number of aliphatic imine (C=N–C) groups is 1. The van der Waals surface area contributed by atoms with Crippen molar-refractivity contribution in [2.75, 3.05) is 80.5 Å². The normalized spacial score (nSPS) is 24.4. The van der Waals surface area contributed by atoms with E-state index in [4.69, 9.17) is 43.2 Å². The molecule has 330 valence electrons. The van der Waals surface area contributed by atoms with Crippen LogP contribution in [0.1, 0.15) is 93.9 Å². The van der Waals surface area contributed by atoms with Crippen LogP contribution in [0.25, 0.3) is 0 Å². The third kappa shape index (κ3) is 11.9. The predicted octanol–water partition coefficient (Wildman–Crippen LogP) is 6.48. The van der Waals surface area contributed by atoms with Crippen molar-refractivity contribution in [1.29, 1.82) is 0 Å². The van der Waals surface area contributed by atoms with Gasteiger partial charge in [0.15, 0.2) is 11.5 Å². The highest BCUT2D eigenvalue weighted by Crippen LogP contribution is 2.44. The van der Waals surface area contributed by atoms with E-state index in [0.717, 1.165) is 98.5 Å². The number of nitrogens with zero attached hydrogens (tertiary/aromatic N) is 2. The first kappa shape index (κ1) is 45.5. The number of alkyl carbamates (subject to hydrolysis) is 1. The van der Waals surface area contributed by atoms with Crippen molar-refractivity contribution in [3.05, 3.63) is 70.4 Å². The molecule has 0 radical (unpaired) electrons. The van der Waals surface area contributed by atoms with Crippen molar-refractivity contribution in [2.45, 2.75) is 102 Å². The topological polar surface area (TPSA) is 148 Å². The maximum Gasteiger partial charge on any atom is 0.407 e. The second-order valence-corrected chi connectivity index (χ2v) is 16.0. The molecular formula is C46H66N4O10. The van der Waals surface area contributed by atoms with Crippen LogP contribution in [0.15, 0.2) is 58.7 Å². The number of carbonyl (C=O) groups excluding carboxylic acids is 2. The van der Waals surface area contributed by atoms with Gasteiger partial charge in [-0.2, -0.15) is 0 Å². The fraction of sp³-hybridized carbons (Fsp3) is 0.630. The number of hydrogen-bond acceptors (Lipinski definition) is 13. The molecule has 2 aromatic rings. The molecule has 1 saturated carbocycles. The Labute approximate surface area is 355 Å². The Morgan fingerprint density at radius 2 is 1.73 bits per heavy atom. The van der Waals surface area contributed by atoms with Crippen LogP contribution >= 0.6 is 0 Å². The number of rotatable bonds is 20. The molecular weight excluding hydrogens is 769 g/mol. The number of benzene rings is 2. The highest BCUT2D eigenvalue weighted by atomic mass is 17.2. The SMILES string of the molecule is CCC1OOCC2C(C)=NC(COCCNCCCCNC(=O)O[C@@H]3CCN([C@@H]4CCCC[C@H]4OCCc4ccc(OC)c(OC)c4)C3)=C(C(=O)OC)C2c2ccccc21. The molecule has 3 aliphatic heterocycles. The molecule has 2 fully saturated rings. The van der Waals surface area contributed by atoms with Crippen LogP contribution in [0.3, 0.4) is 0 Å². The molecule has 60 heavy (non-hydrogen) atoms. The van der Waals surface area contributed by atoms with E-state index in [-0.39, 0.29) is 49.5 Å². The average molecular weight is 835 g/mol. The molecule has 0 spiro atoms. The first-order valence-electron chi connectivity index (χ1n) is 21.9. The van der Waals surface area contributed by atoms with E-state index < -0.39 is 5.97 Å². The maximum absolute atomic E-state index is 13.3. The summed E-state index contributed by atoms with van der Waals surface area (Å²) < 4.78 is 34.5. The standard InChI is InChI=1S/C46H66N4O10/c1-6-39-34-13-7-8-14-35(34)43-36(29-58-60-39)31(2)49-37(44(43)45(51)55-5)30-56-26-23-47-21-11-12-22-48-46(52)59-33-19-24-50(28-33)38-15-9-10-16-40(38)57-25-20-32-17-18-41(53-3)42(27-32)54-4/h7-8,13-14,17-18,27,33,36,38-40,43,47H,6,9-12,15-16,19-26,28-30H2,1-5H3,(H,48,52)/t33-,36?,38-,39?,40-,43?/m1/s1. The summed E-state index contributed by atoms with van der Waals surface area (Å²) in [6.45, 7) is 9.19. The van der Waals surface area contributed by atoms with Crippen LogP contribution < -0.4 is 20.1 Å². The number of hydrogen-bond donors (Lipinski definition) is 2. The van der Waals surface area contributed by atoms with E-state index in [1.165, 1.54) is 20.0 Å². The summed E-state index contributed by atoms with van der Waals surface area (Å²) in [5.41, 5.74) is 5.12. The number of ether oxygens (including phenoxy) is 6. The summed E-state index contributed by atoms with van der Waals surface area (Å²) >= 11 is 0. The van der Waals surface area contributed by atoms with Gasteiger partial charge in [-0.3, -0.25) is 9.89 Å². The zero-order valence-electron chi connectivity index (χ0n) is 36.2. The van der Waals surface area contributed by atoms with Crippen molar-refractivity contribution in [3.8, 4) is 11.5 Å². The molecule has 3 unspecified atom stereocenters. The van der Waals surface area contributed by atoms with Gasteiger partial charge in [0.1, 0.15) is 12.2 Å². The number of unbranched alkanes of at least 4 members (excludes halogenated alkanes) is 1. The van der Waals surface area contributed by atoms with Crippen molar-refractivity contribution in [2.24, 2.45) is 10.9 Å². The number of nitrogens with one attached hydrogen (secondary N) is 2. The van der Waals surface area contributed by atoms with Crippen molar-refractivity contribution in [1.82, 2.24) is 15.5 Å². The van der Waals surface area contributed by atoms with E-state index >= 15 is 0 Å². The summed E-state index contributed by atoms with van der Waals surface area (Å²) in [6, 6.07) is 14.4. The Hall–Kier alpha value is -4.05. The first-order chi connectivity index (χ1) is 29.3. The van der Waals surface area contributed by atoms with Gasteiger partial charge in [0.2, 0.25) is 0 Å². The fourth-order valence-electron chi connectivity index (χ4n) is 9.06. The smallest absolute Gasteiger partial charge is 0.407 e. The lowest BCUT2D eigenvalue weighted by atomic mass is 9.73. The Morgan fingerprint density at radius 1 is 0.933 bits per heavy atom. The second kappa shape index (κ2) is 23.2. The van der Waals surface area contributed by atoms with Crippen LogP contribution in [0, 0.1) is 5.92 Å². The van der Waals surface area contributed by atoms with Crippen LogP contribution in [-0.2, 0) is 39.9 Å². The van der Waals surface area contributed by atoms with Gasteiger partial charge in [0.05, 0.1) is 65.1 Å². The van der Waals surface area contributed by atoms with E-state index in [0.29, 0.717) is 43.6 Å². The van der Waals surface area contributed by atoms with Gasteiger partial charge in [-0.1, -0.05) is 50.1 Å². The van der Waals surface area contributed by atoms with Crippen molar-refractivity contribution < 1.29 is 47.8 Å². The number of carbonyl (C=O) groups is 2. The summed E-state index contributed by atoms with van der Waals surface area (Å²) in [4.78, 5) is 44.7. The molecule has 3 heterocycles. The van der Waals surface area contributed by atoms with Crippen molar-refractivity contribution >= 4 is 17.8 Å². The summed E-state index contributed by atoms with van der Waals surface area (Å²) in [7, 11) is 4.70. The summed E-state index contributed by atoms with van der Waals surface area (Å²) in [6.07, 6.45) is 8.08. The number of amides is 1. The Morgan fingerprint density at radius 3 is 2.53 bits per heavy atom. The zero-order valence-corrected chi connectivity index (χ0v) is 36.2. The molecule has 2 N–H and O–H groups in total. The minimum Gasteiger partial charge on any atom is -0.493 e. The third-order valence-corrected chi connectivity index (χ3v) is 12.2. The third-order valence-electron chi connectivity index (χ3n) is 12.2. The van der Waals surface area contributed by atoms with Gasteiger partial charge >= 0.3 is 12.1 Å². The van der Waals surface area contributed by atoms with Gasteiger partial charge in [0, 0.05) is 49.8 Å². The van der Waals surface area contributed by atoms with Crippen molar-refractivity contribution in [3.63, 3.8) is 0 Å². The molecule has 4 aliphatic rings. The largest absolute Gasteiger partial charge is 0.493 e. The lowest BCUT2D eigenvalue weighted by molar-refractivity contribution is -0.333. The second-order valence-electron chi connectivity index (χ2n) is 16.0. The number of esters is 1. The number of likely N-dealkylation sites (tertiary alicyclic amines) is 1. The van der Waals surface area contributed by atoms with Crippen LogP contribution in [-0.4, -0.2) is 121 Å². The first-order valence-corrected chi connectivity index (χ1v) is 21.9. The molecule has 1 saturated heterocycles. The quantitative estimate of drug-likeness (QED) is 0.0856. The minimum atomic E-state index is -0.414. The maximum atomic E-state index is 13.3. The molecule has 14 heteroatoms. The minimum absolute atomic E-state index is 0.116. The van der Waals surface area contributed by atoms with Gasteiger partial charge in [-0.05, 0) is 87.2 Å². The lowest BCUT2D eigenvalue weighted by Crippen LogP contribution is -2.46. The van der Waals surface area contributed by atoms with Crippen LogP contribution in [0.4, 0.5) is 4.79 Å². The molecule has 1 aliphatic carbocycles. The van der Waals surface area contributed by atoms with Crippen LogP contribution in [0.5, 0.6) is 11.5 Å². The van der Waals surface area contributed by atoms with E-state index in [9.17, 15) is 9.59 Å². The van der Waals surface area contributed by atoms with E-state index in [1.807, 2.05) is 44.2 Å². The Bertz CT molecular complexity index is 1770. The van der Waals surface area contributed by atoms with Crippen LogP contribution in [0.2, 0.25) is 0 Å². The average Bonchev–Trinajstić information content (AvgIpc) is 3.73. The van der Waals surface area contributed by atoms with Gasteiger partial charge in [-0.15, -0.1) is 0 Å². The monoisotopic (exact) mass is 834 g/mol. The Kier molecular flexibility index (Phi) is 17.6. The molecule has 0 bridgehead atoms. The lowest BCUT2D eigenvalue weighted by Gasteiger charge is -2.37. The fourth-order valence-corrected chi connectivity index (χ4v) is 9.06. The summed E-state index contributed by atoms with van der Waals surface area (Å²) in [5, 5.41) is 6.35. The molecule has 2 aromatic carbocycles. The van der Waals surface area contributed by atoms with Gasteiger partial charge in [-0.25, -0.2) is 19.4 Å².